The molecule has 6 heteroatoms. The summed E-state index contributed by atoms with van der Waals surface area (Å²) in [5, 5.41) is 23.1. The Morgan fingerprint density at radius 1 is 1.28 bits per heavy atom. The van der Waals surface area contributed by atoms with Gasteiger partial charge in [-0.15, -0.1) is 0 Å². The molecule has 0 aliphatic heterocycles. The zero-order chi connectivity index (χ0) is 13.1. The quantitative estimate of drug-likeness (QED) is 0.693. The van der Waals surface area contributed by atoms with Gasteiger partial charge in [0, 0.05) is 12.4 Å². The minimum absolute atomic E-state index is 0.414. The molecule has 2 rings (SSSR count). The molecular formula is C12H13N3O3. The van der Waals surface area contributed by atoms with Crippen LogP contribution in [0.25, 0.3) is 5.69 Å². The van der Waals surface area contributed by atoms with Crippen molar-refractivity contribution in [3.63, 3.8) is 0 Å². The molecule has 2 aromatic rings. The SMILES string of the molecule is NC(=O)C(O)C(O)c1ccc(-n2cccn2)cc1. The van der Waals surface area contributed by atoms with Gasteiger partial charge in [-0.3, -0.25) is 4.79 Å². The van der Waals surface area contributed by atoms with Gasteiger partial charge in [0.2, 0.25) is 5.91 Å². The Kier molecular flexibility index (Phi) is 3.40. The smallest absolute Gasteiger partial charge is 0.249 e. The second-order valence-electron chi connectivity index (χ2n) is 3.83. The van der Waals surface area contributed by atoms with E-state index >= 15 is 0 Å². The van der Waals surface area contributed by atoms with E-state index in [9.17, 15) is 15.0 Å². The molecule has 4 N–H and O–H groups in total. The topological polar surface area (TPSA) is 101 Å². The van der Waals surface area contributed by atoms with E-state index in [2.05, 4.69) is 5.10 Å². The van der Waals surface area contributed by atoms with Crippen LogP contribution in [-0.4, -0.2) is 32.0 Å². The Labute approximate surface area is 103 Å². The summed E-state index contributed by atoms with van der Waals surface area (Å²) in [5.41, 5.74) is 6.14. The van der Waals surface area contributed by atoms with Crippen LogP contribution < -0.4 is 5.73 Å². The van der Waals surface area contributed by atoms with Crippen LogP contribution in [0.4, 0.5) is 0 Å². The summed E-state index contributed by atoms with van der Waals surface area (Å²) in [6.45, 7) is 0. The van der Waals surface area contributed by atoms with Crippen LogP contribution in [0.1, 0.15) is 11.7 Å². The van der Waals surface area contributed by atoms with Gasteiger partial charge in [-0.05, 0) is 23.8 Å². The van der Waals surface area contributed by atoms with E-state index in [1.165, 1.54) is 0 Å². The maximum absolute atomic E-state index is 10.8. The van der Waals surface area contributed by atoms with Gasteiger partial charge in [-0.2, -0.15) is 5.10 Å². The number of aliphatic hydroxyl groups is 2. The third kappa shape index (κ3) is 2.39. The first kappa shape index (κ1) is 12.3. The average molecular weight is 247 g/mol. The first-order chi connectivity index (χ1) is 8.59. The zero-order valence-corrected chi connectivity index (χ0v) is 9.47. The molecule has 0 spiro atoms. The molecule has 6 nitrogen and oxygen atoms in total. The molecule has 1 heterocycles. The molecule has 0 aliphatic carbocycles. The fraction of sp³-hybridized carbons (Fsp3) is 0.167. The molecule has 1 aromatic heterocycles. The number of nitrogens with zero attached hydrogens (tertiary/aromatic N) is 2. The lowest BCUT2D eigenvalue weighted by molar-refractivity contribution is -0.131. The van der Waals surface area contributed by atoms with Crippen LogP contribution in [0.5, 0.6) is 0 Å². The minimum Gasteiger partial charge on any atom is -0.385 e. The molecular weight excluding hydrogens is 234 g/mol. The van der Waals surface area contributed by atoms with E-state index < -0.39 is 18.1 Å². The highest BCUT2D eigenvalue weighted by Crippen LogP contribution is 2.18. The second-order valence-corrected chi connectivity index (χ2v) is 3.83. The highest BCUT2D eigenvalue weighted by atomic mass is 16.3. The molecule has 18 heavy (non-hydrogen) atoms. The second kappa shape index (κ2) is 4.99. The van der Waals surface area contributed by atoms with E-state index in [1.54, 1.807) is 47.4 Å². The fourth-order valence-electron chi connectivity index (χ4n) is 1.58. The van der Waals surface area contributed by atoms with Crippen LogP contribution in [-0.2, 0) is 4.79 Å². The lowest BCUT2D eigenvalue weighted by atomic mass is 10.0. The number of carbonyl (C=O) groups is 1. The number of rotatable bonds is 4. The first-order valence-electron chi connectivity index (χ1n) is 5.35. The van der Waals surface area contributed by atoms with Crippen LogP contribution in [0.15, 0.2) is 42.7 Å². The molecule has 0 bridgehead atoms. The molecule has 0 saturated carbocycles. The van der Waals surface area contributed by atoms with Crippen molar-refractivity contribution < 1.29 is 15.0 Å². The van der Waals surface area contributed by atoms with Crippen molar-refractivity contribution in [2.45, 2.75) is 12.2 Å². The molecule has 2 unspecified atom stereocenters. The molecule has 0 fully saturated rings. The summed E-state index contributed by atoms with van der Waals surface area (Å²) in [6, 6.07) is 8.44. The third-order valence-corrected chi connectivity index (χ3v) is 2.59. The molecule has 1 aromatic carbocycles. The molecule has 0 saturated heterocycles. The maximum Gasteiger partial charge on any atom is 0.249 e. The number of aliphatic hydroxyl groups excluding tert-OH is 2. The number of carbonyl (C=O) groups excluding carboxylic acids is 1. The van der Waals surface area contributed by atoms with Crippen LogP contribution in [0.2, 0.25) is 0 Å². The predicted molar refractivity (Wildman–Crippen MR) is 63.7 cm³/mol. The Hall–Kier alpha value is -2.18. The van der Waals surface area contributed by atoms with Crippen molar-refractivity contribution in [3.05, 3.63) is 48.3 Å². The van der Waals surface area contributed by atoms with Gasteiger partial charge >= 0.3 is 0 Å². The summed E-state index contributed by atoms with van der Waals surface area (Å²) in [7, 11) is 0. The Morgan fingerprint density at radius 3 is 2.44 bits per heavy atom. The van der Waals surface area contributed by atoms with Gasteiger partial charge < -0.3 is 15.9 Å². The van der Waals surface area contributed by atoms with E-state index in [1.807, 2.05) is 0 Å². The minimum atomic E-state index is -1.61. The van der Waals surface area contributed by atoms with Crippen LogP contribution >= 0.6 is 0 Å². The van der Waals surface area contributed by atoms with Crippen LogP contribution in [0, 0.1) is 0 Å². The standard InChI is InChI=1S/C12H13N3O3/c13-12(18)11(17)10(16)8-2-4-9(5-3-8)15-7-1-6-14-15/h1-7,10-11,16-17H,(H2,13,18). The van der Waals surface area contributed by atoms with E-state index in [4.69, 9.17) is 5.73 Å². The van der Waals surface area contributed by atoms with Crippen molar-refractivity contribution in [2.75, 3.05) is 0 Å². The van der Waals surface area contributed by atoms with E-state index in [-0.39, 0.29) is 0 Å². The van der Waals surface area contributed by atoms with Crippen molar-refractivity contribution in [1.82, 2.24) is 9.78 Å². The van der Waals surface area contributed by atoms with Gasteiger partial charge in [-0.1, -0.05) is 12.1 Å². The first-order valence-corrected chi connectivity index (χ1v) is 5.35. The normalized spacial score (nSPS) is 14.1. The molecule has 94 valence electrons. The van der Waals surface area contributed by atoms with Gasteiger partial charge in [0.05, 0.1) is 5.69 Å². The molecule has 2 atom stereocenters. The number of benzene rings is 1. The van der Waals surface area contributed by atoms with Crippen molar-refractivity contribution in [3.8, 4) is 5.69 Å². The van der Waals surface area contributed by atoms with E-state index in [0.29, 0.717) is 5.56 Å². The lowest BCUT2D eigenvalue weighted by Crippen LogP contribution is -2.33. The van der Waals surface area contributed by atoms with Crippen molar-refractivity contribution in [1.29, 1.82) is 0 Å². The number of primary amides is 1. The molecule has 0 aliphatic rings. The zero-order valence-electron chi connectivity index (χ0n) is 9.47. The maximum atomic E-state index is 10.8. The number of aromatic nitrogens is 2. The Bertz CT molecular complexity index is 522. The highest BCUT2D eigenvalue weighted by Gasteiger charge is 2.23. The van der Waals surface area contributed by atoms with E-state index in [0.717, 1.165) is 5.69 Å². The summed E-state index contributed by atoms with van der Waals surface area (Å²) in [4.78, 5) is 10.8. The Balaban J connectivity index is 2.20. The molecule has 0 radical (unpaired) electrons. The number of amides is 1. The third-order valence-electron chi connectivity index (χ3n) is 2.59. The fourth-order valence-corrected chi connectivity index (χ4v) is 1.58. The average Bonchev–Trinajstić information content (AvgIpc) is 2.91. The Morgan fingerprint density at radius 2 is 1.94 bits per heavy atom. The highest BCUT2D eigenvalue weighted by molar-refractivity contribution is 5.79. The summed E-state index contributed by atoms with van der Waals surface area (Å²) in [6.07, 6.45) is 0.498. The molecule has 1 amide bonds. The lowest BCUT2D eigenvalue weighted by Gasteiger charge is -2.15. The van der Waals surface area contributed by atoms with Gasteiger partial charge in [-0.25, -0.2) is 4.68 Å². The number of hydrogen-bond donors (Lipinski definition) is 3. The largest absolute Gasteiger partial charge is 0.385 e. The van der Waals surface area contributed by atoms with Gasteiger partial charge in [0.25, 0.3) is 0 Å². The van der Waals surface area contributed by atoms with Crippen molar-refractivity contribution >= 4 is 5.91 Å². The summed E-state index contributed by atoms with van der Waals surface area (Å²) < 4.78 is 1.65. The van der Waals surface area contributed by atoms with Crippen LogP contribution in [0.3, 0.4) is 0 Å². The summed E-state index contributed by atoms with van der Waals surface area (Å²) in [5.74, 6) is -0.960. The van der Waals surface area contributed by atoms with Gasteiger partial charge in [0.1, 0.15) is 6.10 Å². The number of hydrogen-bond acceptors (Lipinski definition) is 4. The number of nitrogens with two attached hydrogens (primary N) is 1. The predicted octanol–water partition coefficient (Wildman–Crippen LogP) is -0.248. The van der Waals surface area contributed by atoms with Gasteiger partial charge in [0.15, 0.2) is 6.10 Å². The van der Waals surface area contributed by atoms with Crippen molar-refractivity contribution in [2.24, 2.45) is 5.73 Å². The summed E-state index contributed by atoms with van der Waals surface area (Å²) >= 11 is 0. The monoisotopic (exact) mass is 247 g/mol.